The monoisotopic (exact) mass is 422 g/mol. The minimum Gasteiger partial charge on any atom is -0.350 e. The highest BCUT2D eigenvalue weighted by Crippen LogP contribution is 2.33. The van der Waals surface area contributed by atoms with Crippen LogP contribution in [0, 0.1) is 5.82 Å². The van der Waals surface area contributed by atoms with Gasteiger partial charge in [-0.15, -0.1) is 0 Å². The first-order valence-electron chi connectivity index (χ1n) is 10.3. The Hall–Kier alpha value is -4.25. The molecule has 0 spiro atoms. The molecule has 0 saturated carbocycles. The Morgan fingerprint density at radius 1 is 0.719 bits per heavy atom. The summed E-state index contributed by atoms with van der Waals surface area (Å²) >= 11 is 0. The maximum Gasteiger partial charge on any atom is 0.278 e. The molecule has 1 aliphatic rings. The smallest absolute Gasteiger partial charge is 0.278 e. The van der Waals surface area contributed by atoms with E-state index in [9.17, 15) is 14.0 Å². The molecule has 0 atom stereocenters. The number of hydrogen-bond acceptors (Lipinski definition) is 3. The second kappa shape index (κ2) is 8.12. The summed E-state index contributed by atoms with van der Waals surface area (Å²) in [6.45, 7) is -0.138. The van der Waals surface area contributed by atoms with E-state index in [1.165, 1.54) is 6.07 Å². The van der Waals surface area contributed by atoms with Crippen LogP contribution in [0.25, 0.3) is 16.3 Å². The fourth-order valence-electron chi connectivity index (χ4n) is 3.97. The average molecular weight is 422 g/mol. The lowest BCUT2D eigenvalue weighted by atomic mass is 10.0. The zero-order valence-corrected chi connectivity index (χ0v) is 17.1. The summed E-state index contributed by atoms with van der Waals surface area (Å²) in [6.07, 6.45) is 0. The summed E-state index contributed by atoms with van der Waals surface area (Å²) in [7, 11) is 0. The summed E-state index contributed by atoms with van der Waals surface area (Å²) in [5.74, 6) is -1.39. The highest BCUT2D eigenvalue weighted by atomic mass is 19.1. The highest BCUT2D eigenvalue weighted by molar-refractivity contribution is 6.36. The van der Waals surface area contributed by atoms with Crippen LogP contribution in [0.5, 0.6) is 0 Å². The molecule has 4 aromatic carbocycles. The van der Waals surface area contributed by atoms with Crippen LogP contribution in [-0.4, -0.2) is 16.7 Å². The van der Waals surface area contributed by atoms with Crippen molar-refractivity contribution in [3.63, 3.8) is 0 Å². The van der Waals surface area contributed by atoms with Crippen molar-refractivity contribution in [2.24, 2.45) is 0 Å². The Morgan fingerprint density at radius 3 is 2.22 bits per heavy atom. The van der Waals surface area contributed by atoms with Gasteiger partial charge in [0, 0.05) is 16.6 Å². The maximum absolute atomic E-state index is 14.3. The highest BCUT2D eigenvalue weighted by Gasteiger charge is 2.39. The molecule has 5 rings (SSSR count). The second-order valence-electron chi connectivity index (χ2n) is 7.56. The molecule has 0 unspecified atom stereocenters. The van der Waals surface area contributed by atoms with Gasteiger partial charge in [-0.1, -0.05) is 84.9 Å². The van der Waals surface area contributed by atoms with Gasteiger partial charge in [-0.25, -0.2) is 4.39 Å². The number of nitrogens with zero attached hydrogens (tertiary/aromatic N) is 1. The minimum atomic E-state index is -0.481. The molecule has 0 aromatic heterocycles. The number of nitrogens with one attached hydrogen (secondary N) is 1. The van der Waals surface area contributed by atoms with Crippen molar-refractivity contribution in [3.8, 4) is 0 Å². The molecule has 1 heterocycles. The van der Waals surface area contributed by atoms with E-state index >= 15 is 0 Å². The van der Waals surface area contributed by atoms with Gasteiger partial charge in [0.2, 0.25) is 0 Å². The van der Waals surface area contributed by atoms with Crippen LogP contribution >= 0.6 is 0 Å². The lowest BCUT2D eigenvalue weighted by Crippen LogP contribution is -2.32. The number of benzene rings is 4. The predicted octanol–water partition coefficient (Wildman–Crippen LogP) is 5.37. The van der Waals surface area contributed by atoms with E-state index < -0.39 is 17.6 Å². The van der Waals surface area contributed by atoms with Crippen molar-refractivity contribution in [1.82, 2.24) is 4.90 Å². The second-order valence-corrected chi connectivity index (χ2v) is 7.56. The third-order valence-corrected chi connectivity index (χ3v) is 5.57. The topological polar surface area (TPSA) is 49.4 Å². The number of fused-ring (bicyclic) bond motifs is 1. The number of anilines is 1. The molecular formula is C27H19FN2O2. The molecule has 2 amide bonds. The number of hydrogen-bond donors (Lipinski definition) is 1. The summed E-state index contributed by atoms with van der Waals surface area (Å²) in [4.78, 5) is 27.9. The molecular weight excluding hydrogens is 403 g/mol. The van der Waals surface area contributed by atoms with E-state index in [0.29, 0.717) is 5.56 Å². The third kappa shape index (κ3) is 3.44. The summed E-state index contributed by atoms with van der Waals surface area (Å²) in [5.41, 5.74) is 2.10. The minimum absolute atomic E-state index is 0.138. The number of amides is 2. The molecule has 0 fully saturated rings. The van der Waals surface area contributed by atoms with Crippen molar-refractivity contribution in [3.05, 3.63) is 120 Å². The van der Waals surface area contributed by atoms with Crippen LogP contribution in [0.15, 0.2) is 103 Å². The normalized spacial score (nSPS) is 13.8. The van der Waals surface area contributed by atoms with Crippen molar-refractivity contribution < 1.29 is 14.0 Å². The van der Waals surface area contributed by atoms with E-state index in [2.05, 4.69) is 5.32 Å². The van der Waals surface area contributed by atoms with Gasteiger partial charge in [0.15, 0.2) is 0 Å². The van der Waals surface area contributed by atoms with E-state index in [-0.39, 0.29) is 23.4 Å². The first-order valence-corrected chi connectivity index (χ1v) is 10.3. The number of carbonyl (C=O) groups excluding carboxylic acids is 2. The molecule has 4 aromatic rings. The molecule has 0 radical (unpaired) electrons. The standard InChI is InChI=1S/C27H19FN2O2/c28-22-15-7-5-12-20(22)17-30-26(31)24(19-10-2-1-3-11-19)25(27(30)32)29-23-16-8-13-18-9-4-6-14-21(18)23/h1-16,29H,17H2. The molecule has 5 heteroatoms. The molecule has 32 heavy (non-hydrogen) atoms. The number of halogens is 1. The van der Waals surface area contributed by atoms with Crippen LogP contribution in [0.2, 0.25) is 0 Å². The Balaban J connectivity index is 1.59. The molecule has 156 valence electrons. The largest absolute Gasteiger partial charge is 0.350 e. The first kappa shape index (κ1) is 19.7. The van der Waals surface area contributed by atoms with Crippen molar-refractivity contribution in [2.45, 2.75) is 6.54 Å². The van der Waals surface area contributed by atoms with Crippen molar-refractivity contribution in [1.29, 1.82) is 0 Å². The zero-order valence-electron chi connectivity index (χ0n) is 17.1. The van der Waals surface area contributed by atoms with E-state index in [1.54, 1.807) is 30.3 Å². The average Bonchev–Trinajstić information content (AvgIpc) is 3.05. The quantitative estimate of drug-likeness (QED) is 0.440. The fraction of sp³-hybridized carbons (Fsp3) is 0.0370. The van der Waals surface area contributed by atoms with Crippen LogP contribution in [0.3, 0.4) is 0 Å². The number of rotatable bonds is 5. The Labute approximate surface area is 184 Å². The van der Waals surface area contributed by atoms with Crippen LogP contribution in [0.1, 0.15) is 11.1 Å². The van der Waals surface area contributed by atoms with E-state index in [1.807, 2.05) is 60.7 Å². The Morgan fingerprint density at radius 2 is 1.41 bits per heavy atom. The van der Waals surface area contributed by atoms with Gasteiger partial charge >= 0.3 is 0 Å². The van der Waals surface area contributed by atoms with Gasteiger partial charge in [-0.3, -0.25) is 14.5 Å². The Bertz CT molecular complexity index is 1370. The van der Waals surface area contributed by atoms with Gasteiger partial charge in [-0.2, -0.15) is 0 Å². The van der Waals surface area contributed by atoms with Crippen molar-refractivity contribution >= 4 is 33.8 Å². The molecule has 1 N–H and O–H groups in total. The predicted molar refractivity (Wildman–Crippen MR) is 123 cm³/mol. The Kier molecular flexibility index (Phi) is 5.00. The number of imide groups is 1. The van der Waals surface area contributed by atoms with Gasteiger partial charge in [0.1, 0.15) is 11.5 Å². The summed E-state index contributed by atoms with van der Waals surface area (Å²) < 4.78 is 14.3. The van der Waals surface area contributed by atoms with Gasteiger partial charge in [0.05, 0.1) is 12.1 Å². The first-order chi connectivity index (χ1) is 15.6. The van der Waals surface area contributed by atoms with Gasteiger partial charge in [0.25, 0.3) is 11.8 Å². The van der Waals surface area contributed by atoms with Crippen LogP contribution < -0.4 is 5.32 Å². The fourth-order valence-corrected chi connectivity index (χ4v) is 3.97. The third-order valence-electron chi connectivity index (χ3n) is 5.57. The lowest BCUT2D eigenvalue weighted by Gasteiger charge is -2.16. The van der Waals surface area contributed by atoms with Gasteiger partial charge < -0.3 is 5.32 Å². The van der Waals surface area contributed by atoms with Gasteiger partial charge in [-0.05, 0) is 23.1 Å². The van der Waals surface area contributed by atoms with Crippen LogP contribution in [-0.2, 0) is 16.1 Å². The SMILES string of the molecule is O=C1C(Nc2cccc3ccccc23)=C(c2ccccc2)C(=O)N1Cc1ccccc1F. The van der Waals surface area contributed by atoms with Crippen LogP contribution in [0.4, 0.5) is 10.1 Å². The lowest BCUT2D eigenvalue weighted by molar-refractivity contribution is -0.137. The van der Waals surface area contributed by atoms with E-state index in [0.717, 1.165) is 21.4 Å². The molecule has 0 bridgehead atoms. The van der Waals surface area contributed by atoms with Crippen molar-refractivity contribution in [2.75, 3.05) is 5.32 Å². The molecule has 1 aliphatic heterocycles. The molecule has 4 nitrogen and oxygen atoms in total. The maximum atomic E-state index is 14.3. The van der Waals surface area contributed by atoms with E-state index in [4.69, 9.17) is 0 Å². The number of carbonyl (C=O) groups is 2. The summed E-state index contributed by atoms with van der Waals surface area (Å²) in [6, 6.07) is 28.8. The summed E-state index contributed by atoms with van der Waals surface area (Å²) in [5, 5.41) is 5.16. The molecule has 0 saturated heterocycles. The zero-order chi connectivity index (χ0) is 22.1. The molecule has 0 aliphatic carbocycles.